The Morgan fingerprint density at radius 2 is 1.97 bits per heavy atom. The number of nitrogens with zero attached hydrogens (tertiary/aromatic N) is 5. The number of pyridine rings is 1. The van der Waals surface area contributed by atoms with Gasteiger partial charge in [0.05, 0.1) is 26.0 Å². The molecule has 0 bridgehead atoms. The van der Waals surface area contributed by atoms with Gasteiger partial charge < -0.3 is 18.9 Å². The summed E-state index contributed by atoms with van der Waals surface area (Å²) in [5, 5.41) is 9.24. The van der Waals surface area contributed by atoms with Crippen molar-refractivity contribution in [2.24, 2.45) is 7.05 Å². The minimum atomic E-state index is -0.0231. The highest BCUT2D eigenvalue weighted by Crippen LogP contribution is 2.39. The van der Waals surface area contributed by atoms with Gasteiger partial charge in [-0.2, -0.15) is 0 Å². The second kappa shape index (κ2) is 9.38. The summed E-state index contributed by atoms with van der Waals surface area (Å²) in [5.41, 5.74) is 1.92. The number of methoxy groups -OCH3 is 2. The number of carbonyl (C=O) groups is 1. The topological polar surface area (TPSA) is 82.4 Å². The van der Waals surface area contributed by atoms with Crippen LogP contribution < -0.4 is 9.47 Å². The highest BCUT2D eigenvalue weighted by molar-refractivity contribution is 7.99. The maximum atomic E-state index is 13.1. The van der Waals surface area contributed by atoms with Crippen molar-refractivity contribution in [3.63, 3.8) is 0 Å². The van der Waals surface area contributed by atoms with E-state index in [2.05, 4.69) is 15.2 Å². The summed E-state index contributed by atoms with van der Waals surface area (Å²) >= 11 is 1.40. The zero-order valence-electron chi connectivity index (χ0n) is 17.8. The van der Waals surface area contributed by atoms with E-state index < -0.39 is 0 Å². The van der Waals surface area contributed by atoms with Gasteiger partial charge in [-0.25, -0.2) is 0 Å². The van der Waals surface area contributed by atoms with Crippen LogP contribution in [0.15, 0.2) is 47.9 Å². The number of carbonyl (C=O) groups excluding carboxylic acids is 1. The van der Waals surface area contributed by atoms with Crippen LogP contribution in [-0.2, 0) is 11.8 Å². The third kappa shape index (κ3) is 4.36. The summed E-state index contributed by atoms with van der Waals surface area (Å²) in [6.07, 6.45) is 5.30. The molecule has 162 valence electrons. The lowest BCUT2D eigenvalue weighted by Gasteiger charge is -2.26. The maximum Gasteiger partial charge on any atom is 0.233 e. The molecule has 0 spiro atoms. The molecule has 0 N–H and O–H groups in total. The highest BCUT2D eigenvalue weighted by atomic mass is 32.2. The molecule has 1 atom stereocenters. The zero-order chi connectivity index (χ0) is 21.8. The first-order valence-electron chi connectivity index (χ1n) is 10.1. The van der Waals surface area contributed by atoms with Gasteiger partial charge in [-0.1, -0.05) is 11.8 Å². The highest BCUT2D eigenvalue weighted by Gasteiger charge is 2.32. The summed E-state index contributed by atoms with van der Waals surface area (Å²) in [6.45, 7) is 0.728. The van der Waals surface area contributed by atoms with Crippen molar-refractivity contribution < 1.29 is 14.3 Å². The van der Waals surface area contributed by atoms with E-state index in [1.165, 1.54) is 11.8 Å². The Morgan fingerprint density at radius 3 is 2.71 bits per heavy atom. The second-order valence-electron chi connectivity index (χ2n) is 7.24. The Bertz CT molecular complexity index is 1060. The van der Waals surface area contributed by atoms with Gasteiger partial charge >= 0.3 is 0 Å². The van der Waals surface area contributed by atoms with Gasteiger partial charge in [0.25, 0.3) is 0 Å². The molecule has 1 aliphatic rings. The molecule has 2 aromatic heterocycles. The van der Waals surface area contributed by atoms with Gasteiger partial charge in [-0.05, 0) is 43.2 Å². The van der Waals surface area contributed by atoms with Crippen LogP contribution in [0, 0.1) is 0 Å². The van der Waals surface area contributed by atoms with E-state index in [-0.39, 0.29) is 11.9 Å². The Balaban J connectivity index is 1.48. The number of amides is 1. The van der Waals surface area contributed by atoms with Crippen LogP contribution in [0.3, 0.4) is 0 Å². The minimum absolute atomic E-state index is 0.0231. The third-order valence-electron chi connectivity index (χ3n) is 5.47. The monoisotopic (exact) mass is 439 g/mol. The Labute approximate surface area is 185 Å². The molecule has 1 saturated heterocycles. The average molecular weight is 440 g/mol. The lowest BCUT2D eigenvalue weighted by atomic mass is 10.0. The molecule has 0 radical (unpaired) electrons. The van der Waals surface area contributed by atoms with Crippen LogP contribution in [0.5, 0.6) is 11.5 Å². The van der Waals surface area contributed by atoms with Crippen LogP contribution in [0.25, 0.3) is 11.4 Å². The molecule has 3 heterocycles. The van der Waals surface area contributed by atoms with Crippen LogP contribution in [0.1, 0.15) is 24.4 Å². The Hall–Kier alpha value is -3.07. The van der Waals surface area contributed by atoms with Gasteiger partial charge in [0.15, 0.2) is 11.0 Å². The normalized spacial score (nSPS) is 15.8. The standard InChI is InChI=1S/C22H25N5O3S/c1-26-21(15-8-10-23-11-9-15)24-25-22(26)31-14-20(28)27-12-4-5-18(27)17-13-16(29-2)6-7-19(17)30-3/h6-11,13,18H,4-5,12,14H2,1-3H3/t18-/m1/s1. The van der Waals surface area contributed by atoms with Crippen molar-refractivity contribution in [2.45, 2.75) is 24.0 Å². The van der Waals surface area contributed by atoms with E-state index in [4.69, 9.17) is 9.47 Å². The van der Waals surface area contributed by atoms with Crippen molar-refractivity contribution in [1.82, 2.24) is 24.6 Å². The van der Waals surface area contributed by atoms with Crippen molar-refractivity contribution in [1.29, 1.82) is 0 Å². The molecular weight excluding hydrogens is 414 g/mol. The van der Waals surface area contributed by atoms with E-state index in [9.17, 15) is 4.79 Å². The number of ether oxygens (including phenoxy) is 2. The van der Waals surface area contributed by atoms with Crippen LogP contribution in [0.4, 0.5) is 0 Å². The second-order valence-corrected chi connectivity index (χ2v) is 8.19. The molecular formula is C22H25N5O3S. The predicted molar refractivity (Wildman–Crippen MR) is 118 cm³/mol. The number of aromatic nitrogens is 4. The van der Waals surface area contributed by atoms with Crippen LogP contribution >= 0.6 is 11.8 Å². The van der Waals surface area contributed by atoms with Gasteiger partial charge in [0.2, 0.25) is 5.91 Å². The fourth-order valence-electron chi connectivity index (χ4n) is 3.89. The smallest absolute Gasteiger partial charge is 0.233 e. The molecule has 0 unspecified atom stereocenters. The molecule has 1 aliphatic heterocycles. The van der Waals surface area contributed by atoms with Gasteiger partial charge in [0, 0.05) is 37.1 Å². The van der Waals surface area contributed by atoms with Crippen molar-refractivity contribution in [3.8, 4) is 22.9 Å². The molecule has 8 nitrogen and oxygen atoms in total. The number of hydrogen-bond donors (Lipinski definition) is 0. The number of likely N-dealkylation sites (tertiary alicyclic amines) is 1. The number of rotatable bonds is 7. The number of hydrogen-bond acceptors (Lipinski definition) is 7. The quantitative estimate of drug-likeness (QED) is 0.522. The van der Waals surface area contributed by atoms with Crippen molar-refractivity contribution in [2.75, 3.05) is 26.5 Å². The molecule has 1 fully saturated rings. The van der Waals surface area contributed by atoms with Gasteiger partial charge in [-0.15, -0.1) is 10.2 Å². The van der Waals surface area contributed by atoms with Crippen molar-refractivity contribution in [3.05, 3.63) is 48.3 Å². The van der Waals surface area contributed by atoms with E-state index >= 15 is 0 Å². The number of thioether (sulfide) groups is 1. The van der Waals surface area contributed by atoms with Gasteiger partial charge in [0.1, 0.15) is 11.5 Å². The number of benzene rings is 1. The maximum absolute atomic E-state index is 13.1. The van der Waals surface area contributed by atoms with E-state index in [0.29, 0.717) is 10.9 Å². The molecule has 0 aliphatic carbocycles. The molecule has 4 rings (SSSR count). The van der Waals surface area contributed by atoms with Crippen LogP contribution in [0.2, 0.25) is 0 Å². The predicted octanol–water partition coefficient (Wildman–Crippen LogP) is 3.35. The van der Waals surface area contributed by atoms with Gasteiger partial charge in [-0.3, -0.25) is 9.78 Å². The molecule has 1 aromatic carbocycles. The fraction of sp³-hybridized carbons (Fsp3) is 0.364. The van der Waals surface area contributed by atoms with Crippen molar-refractivity contribution >= 4 is 17.7 Å². The Morgan fingerprint density at radius 1 is 1.16 bits per heavy atom. The first-order valence-corrected chi connectivity index (χ1v) is 11.0. The van der Waals surface area contributed by atoms with E-state index in [1.807, 2.05) is 46.8 Å². The molecule has 1 amide bonds. The average Bonchev–Trinajstić information content (AvgIpc) is 3.44. The lowest BCUT2D eigenvalue weighted by molar-refractivity contribution is -0.129. The largest absolute Gasteiger partial charge is 0.497 e. The zero-order valence-corrected chi connectivity index (χ0v) is 18.6. The molecule has 0 saturated carbocycles. The van der Waals surface area contributed by atoms with E-state index in [0.717, 1.165) is 47.8 Å². The summed E-state index contributed by atoms with van der Waals surface area (Å²) in [7, 11) is 5.19. The van der Waals surface area contributed by atoms with Crippen LogP contribution in [-0.4, -0.2) is 57.1 Å². The molecule has 31 heavy (non-hydrogen) atoms. The third-order valence-corrected chi connectivity index (χ3v) is 6.47. The molecule has 3 aromatic rings. The summed E-state index contributed by atoms with van der Waals surface area (Å²) in [6, 6.07) is 9.48. The fourth-order valence-corrected chi connectivity index (χ4v) is 4.69. The SMILES string of the molecule is COc1ccc(OC)c([C@H]2CCCN2C(=O)CSc2nnc(-c3ccncc3)n2C)c1. The summed E-state index contributed by atoms with van der Waals surface area (Å²) < 4.78 is 12.8. The summed E-state index contributed by atoms with van der Waals surface area (Å²) in [4.78, 5) is 19.1. The Kier molecular flexibility index (Phi) is 6.41. The van der Waals surface area contributed by atoms with E-state index in [1.54, 1.807) is 26.6 Å². The molecule has 9 heteroatoms. The first-order chi connectivity index (χ1) is 15.1. The lowest BCUT2D eigenvalue weighted by Crippen LogP contribution is -2.32. The summed E-state index contributed by atoms with van der Waals surface area (Å²) in [5.74, 6) is 2.65. The first kappa shape index (κ1) is 21.2. The minimum Gasteiger partial charge on any atom is -0.497 e.